The van der Waals surface area contributed by atoms with Crippen LogP contribution in [-0.2, 0) is 23.9 Å². The van der Waals surface area contributed by atoms with E-state index < -0.39 is 23.1 Å². The highest BCUT2D eigenvalue weighted by Crippen LogP contribution is 2.35. The summed E-state index contributed by atoms with van der Waals surface area (Å²) in [5.74, 6) is -2.01. The number of ketones is 1. The van der Waals surface area contributed by atoms with E-state index in [4.69, 9.17) is 0 Å². The highest BCUT2D eigenvalue weighted by atomic mass is 16.5. The van der Waals surface area contributed by atoms with Gasteiger partial charge in [0, 0.05) is 6.42 Å². The number of esters is 2. The lowest BCUT2D eigenvalue weighted by Crippen LogP contribution is -2.49. The monoisotopic (exact) mass is 214 g/mol. The molecule has 0 saturated heterocycles. The molecule has 5 heteroatoms. The third-order valence-electron chi connectivity index (χ3n) is 2.75. The van der Waals surface area contributed by atoms with Crippen molar-refractivity contribution >= 4 is 17.7 Å². The SMILES string of the molecule is COC(=O)C1(C(=O)OC)CCCCC1=O. The third kappa shape index (κ3) is 1.73. The average molecular weight is 214 g/mol. The minimum absolute atomic E-state index is 0.186. The Morgan fingerprint density at radius 2 is 1.67 bits per heavy atom. The number of hydrogen-bond acceptors (Lipinski definition) is 5. The Labute approximate surface area is 87.7 Å². The van der Waals surface area contributed by atoms with Crippen molar-refractivity contribution in [3.05, 3.63) is 0 Å². The summed E-state index contributed by atoms with van der Waals surface area (Å²) in [5.41, 5.74) is -1.71. The molecule has 0 aromatic carbocycles. The predicted octanol–water partition coefficient (Wildman–Crippen LogP) is 0.462. The first-order chi connectivity index (χ1) is 7.09. The largest absolute Gasteiger partial charge is 0.468 e. The summed E-state index contributed by atoms with van der Waals surface area (Å²) in [7, 11) is 2.32. The molecule has 15 heavy (non-hydrogen) atoms. The Hall–Kier alpha value is -1.39. The summed E-state index contributed by atoms with van der Waals surface area (Å²) in [4.78, 5) is 34.8. The summed E-state index contributed by atoms with van der Waals surface area (Å²) in [6.07, 6.45) is 1.76. The molecule has 0 aromatic heterocycles. The van der Waals surface area contributed by atoms with Gasteiger partial charge in [-0.3, -0.25) is 14.4 Å². The molecule has 5 nitrogen and oxygen atoms in total. The zero-order valence-electron chi connectivity index (χ0n) is 8.87. The second-order valence-electron chi connectivity index (χ2n) is 3.52. The van der Waals surface area contributed by atoms with Gasteiger partial charge >= 0.3 is 11.9 Å². The van der Waals surface area contributed by atoms with Crippen LogP contribution in [-0.4, -0.2) is 31.9 Å². The van der Waals surface area contributed by atoms with E-state index in [2.05, 4.69) is 9.47 Å². The second-order valence-corrected chi connectivity index (χ2v) is 3.52. The van der Waals surface area contributed by atoms with Crippen molar-refractivity contribution < 1.29 is 23.9 Å². The lowest BCUT2D eigenvalue weighted by molar-refractivity contribution is -0.174. The summed E-state index contributed by atoms with van der Waals surface area (Å²) >= 11 is 0. The number of hydrogen-bond donors (Lipinski definition) is 0. The van der Waals surface area contributed by atoms with Gasteiger partial charge in [-0.25, -0.2) is 0 Å². The van der Waals surface area contributed by atoms with Crippen LogP contribution < -0.4 is 0 Å². The number of carbonyl (C=O) groups excluding carboxylic acids is 3. The molecule has 0 aromatic rings. The lowest BCUT2D eigenvalue weighted by Gasteiger charge is -2.29. The van der Waals surface area contributed by atoms with Crippen LogP contribution in [0.2, 0.25) is 0 Å². The highest BCUT2D eigenvalue weighted by Gasteiger charge is 2.55. The normalized spacial score (nSPS) is 19.5. The summed E-state index contributed by atoms with van der Waals surface area (Å²) < 4.78 is 9.05. The van der Waals surface area contributed by atoms with Gasteiger partial charge in [0.2, 0.25) is 5.41 Å². The quantitative estimate of drug-likeness (QED) is 0.493. The van der Waals surface area contributed by atoms with E-state index in [-0.39, 0.29) is 12.8 Å². The van der Waals surface area contributed by atoms with Crippen LogP contribution in [0, 0.1) is 5.41 Å². The maximum atomic E-state index is 11.7. The molecule has 1 aliphatic rings. The Bertz CT molecular complexity index is 264. The van der Waals surface area contributed by atoms with Gasteiger partial charge < -0.3 is 9.47 Å². The van der Waals surface area contributed by atoms with Gasteiger partial charge in [0.15, 0.2) is 5.78 Å². The molecule has 0 spiro atoms. The van der Waals surface area contributed by atoms with E-state index in [1.54, 1.807) is 0 Å². The minimum Gasteiger partial charge on any atom is -0.468 e. The molecule has 1 rings (SSSR count). The van der Waals surface area contributed by atoms with Crippen molar-refractivity contribution in [2.75, 3.05) is 14.2 Å². The highest BCUT2D eigenvalue weighted by molar-refractivity contribution is 6.20. The molecule has 0 aliphatic heterocycles. The molecule has 0 N–H and O–H groups in total. The van der Waals surface area contributed by atoms with Gasteiger partial charge in [-0.15, -0.1) is 0 Å². The molecule has 84 valence electrons. The van der Waals surface area contributed by atoms with Crippen LogP contribution in [0.25, 0.3) is 0 Å². The van der Waals surface area contributed by atoms with Gasteiger partial charge in [-0.1, -0.05) is 6.42 Å². The van der Waals surface area contributed by atoms with Crippen LogP contribution in [0.3, 0.4) is 0 Å². The van der Waals surface area contributed by atoms with Crippen molar-refractivity contribution in [1.82, 2.24) is 0 Å². The Balaban J connectivity index is 3.09. The van der Waals surface area contributed by atoms with Gasteiger partial charge in [-0.05, 0) is 12.8 Å². The van der Waals surface area contributed by atoms with E-state index in [1.807, 2.05) is 0 Å². The number of ether oxygens (including phenoxy) is 2. The standard InChI is InChI=1S/C10H14O5/c1-14-8(12)10(9(13)15-2)6-4-3-5-7(10)11/h3-6H2,1-2H3. The molecule has 1 saturated carbocycles. The Morgan fingerprint density at radius 3 is 2.07 bits per heavy atom. The molecule has 1 fully saturated rings. The first-order valence-corrected chi connectivity index (χ1v) is 4.79. The number of methoxy groups -OCH3 is 2. The predicted molar refractivity (Wildman–Crippen MR) is 49.9 cm³/mol. The van der Waals surface area contributed by atoms with Crippen molar-refractivity contribution in [1.29, 1.82) is 0 Å². The van der Waals surface area contributed by atoms with Crippen LogP contribution in [0.4, 0.5) is 0 Å². The molecule has 1 aliphatic carbocycles. The van der Waals surface area contributed by atoms with Crippen molar-refractivity contribution in [2.24, 2.45) is 5.41 Å². The number of carbonyl (C=O) groups is 3. The van der Waals surface area contributed by atoms with E-state index in [0.717, 1.165) is 14.2 Å². The fraction of sp³-hybridized carbons (Fsp3) is 0.700. The Morgan fingerprint density at radius 1 is 1.13 bits per heavy atom. The van der Waals surface area contributed by atoms with Crippen LogP contribution in [0.1, 0.15) is 25.7 Å². The molecule has 0 amide bonds. The summed E-state index contributed by atoms with van der Waals surface area (Å²) in [6.45, 7) is 0. The fourth-order valence-corrected chi connectivity index (χ4v) is 1.89. The van der Waals surface area contributed by atoms with Crippen LogP contribution in [0.5, 0.6) is 0 Å². The molecular formula is C10H14O5. The van der Waals surface area contributed by atoms with Crippen molar-refractivity contribution in [3.8, 4) is 0 Å². The molecule has 0 unspecified atom stereocenters. The fourth-order valence-electron chi connectivity index (χ4n) is 1.89. The summed E-state index contributed by atoms with van der Waals surface area (Å²) in [5, 5.41) is 0. The minimum atomic E-state index is -1.71. The van der Waals surface area contributed by atoms with E-state index in [1.165, 1.54) is 0 Å². The van der Waals surface area contributed by atoms with E-state index in [0.29, 0.717) is 12.8 Å². The number of Topliss-reactive ketones (excluding diaryl/α,β-unsaturated/α-hetero) is 1. The first-order valence-electron chi connectivity index (χ1n) is 4.79. The third-order valence-corrected chi connectivity index (χ3v) is 2.75. The van der Waals surface area contributed by atoms with E-state index >= 15 is 0 Å². The second kappa shape index (κ2) is 4.42. The van der Waals surface area contributed by atoms with Crippen molar-refractivity contribution in [3.63, 3.8) is 0 Å². The van der Waals surface area contributed by atoms with Crippen LogP contribution >= 0.6 is 0 Å². The average Bonchev–Trinajstić information content (AvgIpc) is 2.28. The smallest absolute Gasteiger partial charge is 0.330 e. The first kappa shape index (κ1) is 11.7. The topological polar surface area (TPSA) is 69.7 Å². The van der Waals surface area contributed by atoms with Gasteiger partial charge in [0.25, 0.3) is 0 Å². The zero-order chi connectivity index (χ0) is 11.5. The zero-order valence-corrected chi connectivity index (χ0v) is 8.87. The lowest BCUT2D eigenvalue weighted by atomic mass is 9.73. The van der Waals surface area contributed by atoms with Gasteiger partial charge in [-0.2, -0.15) is 0 Å². The van der Waals surface area contributed by atoms with Gasteiger partial charge in [0.1, 0.15) is 0 Å². The maximum Gasteiger partial charge on any atom is 0.330 e. The molecule has 0 bridgehead atoms. The molecule has 0 radical (unpaired) electrons. The van der Waals surface area contributed by atoms with Crippen molar-refractivity contribution in [2.45, 2.75) is 25.7 Å². The number of rotatable bonds is 2. The molecule has 0 atom stereocenters. The van der Waals surface area contributed by atoms with E-state index in [9.17, 15) is 14.4 Å². The Kier molecular flexibility index (Phi) is 3.44. The maximum absolute atomic E-state index is 11.7. The molecular weight excluding hydrogens is 200 g/mol. The summed E-state index contributed by atoms with van der Waals surface area (Å²) in [6, 6.07) is 0. The van der Waals surface area contributed by atoms with Crippen LogP contribution in [0.15, 0.2) is 0 Å². The van der Waals surface area contributed by atoms with Gasteiger partial charge in [0.05, 0.1) is 14.2 Å². The molecule has 0 heterocycles.